The van der Waals surface area contributed by atoms with E-state index in [1.165, 1.54) is 23.3 Å². The second-order valence-electron chi connectivity index (χ2n) is 7.38. The van der Waals surface area contributed by atoms with Crippen molar-refractivity contribution >= 4 is 28.9 Å². The molecule has 0 unspecified atom stereocenters. The molecule has 156 valence electrons. The number of nitrogens with one attached hydrogen (secondary N) is 1. The maximum atomic E-state index is 13.3. The minimum atomic E-state index is -0.568. The highest BCUT2D eigenvalue weighted by Crippen LogP contribution is 2.31. The first-order valence-electron chi connectivity index (χ1n) is 9.82. The Labute approximate surface area is 178 Å². The van der Waals surface area contributed by atoms with Crippen LogP contribution in [-0.4, -0.2) is 70.1 Å². The number of hydrogen-bond acceptors (Lipinski definition) is 7. The van der Waals surface area contributed by atoms with Crippen molar-refractivity contribution < 1.29 is 9.13 Å². The first-order chi connectivity index (χ1) is 14.6. The van der Waals surface area contributed by atoms with Gasteiger partial charge >= 0.3 is 0 Å². The van der Waals surface area contributed by atoms with Gasteiger partial charge in [-0.1, -0.05) is 11.6 Å². The minimum Gasteiger partial charge on any atom is -0.379 e. The summed E-state index contributed by atoms with van der Waals surface area (Å²) in [5, 5.41) is 8.17. The number of pyridine rings is 1. The highest BCUT2D eigenvalue weighted by atomic mass is 35.5. The molecule has 3 aromatic rings. The summed E-state index contributed by atoms with van der Waals surface area (Å²) >= 11 is 6.36. The quantitative estimate of drug-likeness (QED) is 0.625. The lowest BCUT2D eigenvalue weighted by molar-refractivity contribution is 0.0105. The Bertz CT molecular complexity index is 1030. The third kappa shape index (κ3) is 4.09. The van der Waals surface area contributed by atoms with Gasteiger partial charge < -0.3 is 15.0 Å². The van der Waals surface area contributed by atoms with E-state index in [9.17, 15) is 4.39 Å². The zero-order valence-corrected chi connectivity index (χ0v) is 17.0. The summed E-state index contributed by atoms with van der Waals surface area (Å²) in [5.74, 6) is -0.169. The number of ether oxygens (including phenoxy) is 1. The zero-order valence-electron chi connectivity index (χ0n) is 16.2. The molecule has 2 aromatic heterocycles. The van der Waals surface area contributed by atoms with Crippen molar-refractivity contribution in [2.75, 3.05) is 49.6 Å². The van der Waals surface area contributed by atoms with Crippen molar-refractivity contribution in [3.05, 3.63) is 53.8 Å². The van der Waals surface area contributed by atoms with Crippen molar-refractivity contribution in [1.82, 2.24) is 24.6 Å². The molecule has 5 rings (SSSR count). The predicted molar refractivity (Wildman–Crippen MR) is 112 cm³/mol. The van der Waals surface area contributed by atoms with Gasteiger partial charge in [-0.3, -0.25) is 4.90 Å². The van der Waals surface area contributed by atoms with Gasteiger partial charge in [-0.15, -0.1) is 5.10 Å². The third-order valence-corrected chi connectivity index (χ3v) is 5.61. The zero-order chi connectivity index (χ0) is 20.5. The number of nitrogens with zero attached hydrogens (tertiary/aromatic N) is 6. The van der Waals surface area contributed by atoms with Crippen molar-refractivity contribution in [3.8, 4) is 5.69 Å². The number of anilines is 3. The van der Waals surface area contributed by atoms with Crippen molar-refractivity contribution in [2.24, 2.45) is 0 Å². The first kappa shape index (κ1) is 19.2. The van der Waals surface area contributed by atoms with Gasteiger partial charge in [-0.2, -0.15) is 9.37 Å². The Morgan fingerprint density at radius 2 is 1.90 bits per heavy atom. The van der Waals surface area contributed by atoms with E-state index in [0.717, 1.165) is 50.8 Å². The molecule has 0 bridgehead atoms. The van der Waals surface area contributed by atoms with Gasteiger partial charge in [-0.05, 0) is 24.3 Å². The lowest BCUT2D eigenvalue weighted by Gasteiger charge is -2.47. The maximum absolute atomic E-state index is 13.3. The molecule has 0 atom stereocenters. The van der Waals surface area contributed by atoms with E-state index in [2.05, 4.69) is 30.2 Å². The van der Waals surface area contributed by atoms with Gasteiger partial charge in [0.25, 0.3) is 0 Å². The van der Waals surface area contributed by atoms with Crippen LogP contribution >= 0.6 is 11.6 Å². The second-order valence-corrected chi connectivity index (χ2v) is 7.82. The first-order valence-corrected chi connectivity index (χ1v) is 10.2. The van der Waals surface area contributed by atoms with Crippen LogP contribution in [0.25, 0.3) is 5.69 Å². The summed E-state index contributed by atoms with van der Waals surface area (Å²) in [6.07, 6.45) is 2.91. The van der Waals surface area contributed by atoms with E-state index in [4.69, 9.17) is 16.3 Å². The Kier molecular flexibility index (Phi) is 5.24. The van der Waals surface area contributed by atoms with Crippen LogP contribution < -0.4 is 10.2 Å². The molecule has 0 spiro atoms. The van der Waals surface area contributed by atoms with Crippen LogP contribution in [0.2, 0.25) is 5.02 Å². The molecule has 30 heavy (non-hydrogen) atoms. The molecule has 0 aliphatic carbocycles. The molecule has 0 radical (unpaired) electrons. The number of hydrogen-bond donors (Lipinski definition) is 1. The van der Waals surface area contributed by atoms with Crippen LogP contribution in [0.5, 0.6) is 0 Å². The predicted octanol–water partition coefficient (Wildman–Crippen LogP) is 2.72. The molecule has 2 saturated heterocycles. The smallest absolute Gasteiger partial charge is 0.246 e. The minimum absolute atomic E-state index is 0.398. The summed E-state index contributed by atoms with van der Waals surface area (Å²) in [6.45, 7) is 5.56. The van der Waals surface area contributed by atoms with E-state index in [1.54, 1.807) is 6.07 Å². The lowest BCUT2D eigenvalue weighted by Crippen LogP contribution is -2.61. The highest BCUT2D eigenvalue weighted by molar-refractivity contribution is 6.31. The fraction of sp³-hybridized carbons (Fsp3) is 0.350. The molecule has 10 heteroatoms. The largest absolute Gasteiger partial charge is 0.379 e. The van der Waals surface area contributed by atoms with Crippen LogP contribution in [0, 0.1) is 5.95 Å². The van der Waals surface area contributed by atoms with E-state index >= 15 is 0 Å². The lowest BCUT2D eigenvalue weighted by atomic mass is 10.0. The summed E-state index contributed by atoms with van der Waals surface area (Å²) in [5.41, 5.74) is 2.40. The molecule has 0 saturated carbocycles. The SMILES string of the molecule is Fc1cc(-n2cnc(Nc3cc(Cl)cc(N4CC(N5CCOCC5)C4)c3)n2)ccn1. The van der Waals surface area contributed by atoms with E-state index in [-0.39, 0.29) is 0 Å². The number of benzene rings is 1. The Morgan fingerprint density at radius 1 is 1.07 bits per heavy atom. The van der Waals surface area contributed by atoms with Gasteiger partial charge in [0, 0.05) is 60.9 Å². The number of aromatic nitrogens is 4. The maximum Gasteiger partial charge on any atom is 0.246 e. The molecular weight excluding hydrogens is 409 g/mol. The molecule has 2 aliphatic rings. The number of morpholine rings is 1. The van der Waals surface area contributed by atoms with Crippen molar-refractivity contribution in [2.45, 2.75) is 6.04 Å². The van der Waals surface area contributed by atoms with Crippen molar-refractivity contribution in [3.63, 3.8) is 0 Å². The number of rotatable bonds is 5. The van der Waals surface area contributed by atoms with Gasteiger partial charge in [-0.25, -0.2) is 9.67 Å². The molecular formula is C20H21ClFN7O. The molecule has 2 aliphatic heterocycles. The van der Waals surface area contributed by atoms with Crippen molar-refractivity contribution in [1.29, 1.82) is 0 Å². The normalized spacial score (nSPS) is 17.7. The monoisotopic (exact) mass is 429 g/mol. The van der Waals surface area contributed by atoms with E-state index < -0.39 is 5.95 Å². The molecule has 8 nitrogen and oxygen atoms in total. The Balaban J connectivity index is 1.27. The second kappa shape index (κ2) is 8.17. The van der Waals surface area contributed by atoms with Crippen LogP contribution in [0.4, 0.5) is 21.7 Å². The van der Waals surface area contributed by atoms with Crippen LogP contribution in [0.15, 0.2) is 42.9 Å². The van der Waals surface area contributed by atoms with Crippen LogP contribution in [-0.2, 0) is 4.74 Å². The average Bonchev–Trinajstić information content (AvgIpc) is 3.16. The topological polar surface area (TPSA) is 71.3 Å². The summed E-state index contributed by atoms with van der Waals surface area (Å²) < 4.78 is 20.3. The number of halogens is 2. The summed E-state index contributed by atoms with van der Waals surface area (Å²) in [4.78, 5) is 12.6. The highest BCUT2D eigenvalue weighted by Gasteiger charge is 2.32. The average molecular weight is 430 g/mol. The molecule has 4 heterocycles. The van der Waals surface area contributed by atoms with Gasteiger partial charge in [0.2, 0.25) is 11.9 Å². The van der Waals surface area contributed by atoms with E-state index in [0.29, 0.717) is 22.7 Å². The van der Waals surface area contributed by atoms with E-state index in [1.807, 2.05) is 18.2 Å². The van der Waals surface area contributed by atoms with Crippen LogP contribution in [0.3, 0.4) is 0 Å². The summed E-state index contributed by atoms with van der Waals surface area (Å²) in [6, 6.07) is 9.35. The molecule has 1 N–H and O–H groups in total. The van der Waals surface area contributed by atoms with Crippen LogP contribution in [0.1, 0.15) is 0 Å². The van der Waals surface area contributed by atoms with Gasteiger partial charge in [0.1, 0.15) is 6.33 Å². The Morgan fingerprint density at radius 3 is 2.70 bits per heavy atom. The fourth-order valence-corrected chi connectivity index (χ4v) is 4.01. The summed E-state index contributed by atoms with van der Waals surface area (Å²) in [7, 11) is 0. The fourth-order valence-electron chi connectivity index (χ4n) is 3.78. The van der Waals surface area contributed by atoms with Gasteiger partial charge in [0.05, 0.1) is 18.9 Å². The molecule has 1 aromatic carbocycles. The molecule has 2 fully saturated rings. The Hall–Kier alpha value is -2.75. The van der Waals surface area contributed by atoms with Gasteiger partial charge in [0.15, 0.2) is 0 Å². The third-order valence-electron chi connectivity index (χ3n) is 5.39. The molecule has 0 amide bonds. The standard InChI is InChI=1S/C20H21ClFN7O/c21-14-7-15(25-20-24-13-29(26-20)16-1-2-23-19(22)10-16)9-17(8-14)28-11-18(12-28)27-3-5-30-6-4-27/h1-2,7-10,13,18H,3-6,11-12H2,(H,25,26).